The summed E-state index contributed by atoms with van der Waals surface area (Å²) in [6.07, 6.45) is 0.991. The van der Waals surface area contributed by atoms with Crippen molar-refractivity contribution in [1.29, 1.82) is 0 Å². The van der Waals surface area contributed by atoms with E-state index < -0.39 is 0 Å². The lowest BCUT2D eigenvalue weighted by Gasteiger charge is -2.14. The van der Waals surface area contributed by atoms with Gasteiger partial charge in [0.25, 0.3) is 5.91 Å². The fourth-order valence-electron chi connectivity index (χ4n) is 2.02. The second kappa shape index (κ2) is 10.7. The van der Waals surface area contributed by atoms with Crippen molar-refractivity contribution in [3.8, 4) is 17.2 Å². The van der Waals surface area contributed by atoms with E-state index in [0.29, 0.717) is 36.0 Å². The maximum atomic E-state index is 12.4. The maximum absolute atomic E-state index is 12.4. The molecule has 0 aliphatic heterocycles. The molecule has 0 radical (unpaired) electrons. The molecule has 0 bridgehead atoms. The summed E-state index contributed by atoms with van der Waals surface area (Å²) in [7, 11) is 4.48. The molecule has 0 atom stereocenters. The molecule has 1 rings (SSSR count). The molecule has 0 saturated carbocycles. The standard InChI is InChI=1S/C17H26N2O5S/c1-11(2)24-8-6-7-18-17(25)19-16(20)12-9-13(21-3)15(23-5)14(10-12)22-4/h9-11H,6-8H2,1-5H3,(H2,18,19,20,25). The summed E-state index contributed by atoms with van der Waals surface area (Å²) in [6.45, 7) is 5.21. The number of nitrogens with one attached hydrogen (secondary N) is 2. The van der Waals surface area contributed by atoms with Crippen LogP contribution >= 0.6 is 12.2 Å². The molecule has 0 saturated heterocycles. The third-order valence-corrected chi connectivity index (χ3v) is 3.46. The normalized spacial score (nSPS) is 10.3. The first-order valence-corrected chi connectivity index (χ1v) is 8.34. The number of carbonyl (C=O) groups excluding carboxylic acids is 1. The zero-order valence-electron chi connectivity index (χ0n) is 15.3. The van der Waals surface area contributed by atoms with Gasteiger partial charge < -0.3 is 24.3 Å². The van der Waals surface area contributed by atoms with Gasteiger partial charge in [-0.2, -0.15) is 0 Å². The molecule has 0 unspecified atom stereocenters. The minimum Gasteiger partial charge on any atom is -0.493 e. The lowest BCUT2D eigenvalue weighted by Crippen LogP contribution is -2.39. The summed E-state index contributed by atoms with van der Waals surface area (Å²) >= 11 is 5.13. The lowest BCUT2D eigenvalue weighted by atomic mass is 10.1. The number of rotatable bonds is 9. The average Bonchev–Trinajstić information content (AvgIpc) is 2.59. The molecule has 0 aromatic heterocycles. The van der Waals surface area contributed by atoms with Gasteiger partial charge in [-0.15, -0.1) is 0 Å². The summed E-state index contributed by atoms with van der Waals surface area (Å²) in [5, 5.41) is 5.85. The minimum absolute atomic E-state index is 0.201. The Kier molecular flexibility index (Phi) is 9.01. The van der Waals surface area contributed by atoms with Crippen molar-refractivity contribution < 1.29 is 23.7 Å². The van der Waals surface area contributed by atoms with Crippen molar-refractivity contribution in [3.05, 3.63) is 17.7 Å². The SMILES string of the molecule is COc1cc(C(=O)NC(=S)NCCCOC(C)C)cc(OC)c1OC. The number of amides is 1. The summed E-state index contributed by atoms with van der Waals surface area (Å²) in [5.74, 6) is 0.857. The van der Waals surface area contributed by atoms with Crippen molar-refractivity contribution in [1.82, 2.24) is 10.6 Å². The zero-order valence-corrected chi connectivity index (χ0v) is 16.1. The fraction of sp³-hybridized carbons (Fsp3) is 0.529. The molecule has 1 aromatic rings. The first kappa shape index (κ1) is 21.0. The molecule has 8 heteroatoms. The number of methoxy groups -OCH3 is 3. The van der Waals surface area contributed by atoms with Gasteiger partial charge in [-0.3, -0.25) is 10.1 Å². The topological polar surface area (TPSA) is 78.1 Å². The molecule has 2 N–H and O–H groups in total. The van der Waals surface area contributed by atoms with E-state index in [9.17, 15) is 4.79 Å². The summed E-state index contributed by atoms with van der Waals surface area (Å²) < 4.78 is 21.1. The number of thiocarbonyl (C=S) groups is 1. The van der Waals surface area contributed by atoms with E-state index in [0.717, 1.165) is 6.42 Å². The van der Waals surface area contributed by atoms with Gasteiger partial charge in [-0.1, -0.05) is 0 Å². The van der Waals surface area contributed by atoms with E-state index in [1.165, 1.54) is 21.3 Å². The summed E-state index contributed by atoms with van der Waals surface area (Å²) in [5.41, 5.74) is 0.349. The van der Waals surface area contributed by atoms with Gasteiger partial charge in [0.05, 0.1) is 27.4 Å². The van der Waals surface area contributed by atoms with Crippen LogP contribution in [0.25, 0.3) is 0 Å². The first-order chi connectivity index (χ1) is 11.9. The molecular weight excluding hydrogens is 344 g/mol. The average molecular weight is 370 g/mol. The Hall–Kier alpha value is -2.06. The minimum atomic E-state index is -0.366. The fourth-order valence-corrected chi connectivity index (χ4v) is 2.22. The van der Waals surface area contributed by atoms with Gasteiger partial charge in [0.2, 0.25) is 5.75 Å². The highest BCUT2D eigenvalue weighted by molar-refractivity contribution is 7.80. The molecule has 1 aromatic carbocycles. The largest absolute Gasteiger partial charge is 0.493 e. The predicted molar refractivity (Wildman–Crippen MR) is 99.9 cm³/mol. The highest BCUT2D eigenvalue weighted by Crippen LogP contribution is 2.38. The maximum Gasteiger partial charge on any atom is 0.257 e. The van der Waals surface area contributed by atoms with Crippen LogP contribution in [0.1, 0.15) is 30.6 Å². The van der Waals surface area contributed by atoms with Crippen molar-refractivity contribution >= 4 is 23.2 Å². The van der Waals surface area contributed by atoms with Gasteiger partial charge in [0.15, 0.2) is 16.6 Å². The van der Waals surface area contributed by atoms with Crippen LogP contribution in [-0.4, -0.2) is 51.6 Å². The number of hydrogen-bond acceptors (Lipinski definition) is 6. The van der Waals surface area contributed by atoms with Crippen LogP contribution in [-0.2, 0) is 4.74 Å². The predicted octanol–water partition coefficient (Wildman–Crippen LogP) is 2.13. The number of hydrogen-bond donors (Lipinski definition) is 2. The van der Waals surface area contributed by atoms with Gasteiger partial charge >= 0.3 is 0 Å². The molecular formula is C17H26N2O5S. The molecule has 140 valence electrons. The molecule has 0 aliphatic carbocycles. The summed E-state index contributed by atoms with van der Waals surface area (Å²) in [6, 6.07) is 3.13. The van der Waals surface area contributed by atoms with E-state index >= 15 is 0 Å². The molecule has 25 heavy (non-hydrogen) atoms. The zero-order chi connectivity index (χ0) is 18.8. The molecule has 0 heterocycles. The van der Waals surface area contributed by atoms with Crippen LogP contribution in [0.5, 0.6) is 17.2 Å². The Labute approximate surface area is 154 Å². The van der Waals surface area contributed by atoms with E-state index in [4.69, 9.17) is 31.2 Å². The molecule has 0 aliphatic rings. The number of benzene rings is 1. The Balaban J connectivity index is 2.63. The Morgan fingerprint density at radius 3 is 2.20 bits per heavy atom. The third kappa shape index (κ3) is 6.75. The van der Waals surface area contributed by atoms with Crippen molar-refractivity contribution in [3.63, 3.8) is 0 Å². The monoisotopic (exact) mass is 370 g/mol. The molecule has 0 spiro atoms. The Bertz CT molecular complexity index is 567. The van der Waals surface area contributed by atoms with Crippen LogP contribution in [0.4, 0.5) is 0 Å². The van der Waals surface area contributed by atoms with Crippen LogP contribution < -0.4 is 24.8 Å². The van der Waals surface area contributed by atoms with E-state index in [2.05, 4.69) is 10.6 Å². The van der Waals surface area contributed by atoms with Crippen molar-refractivity contribution in [2.45, 2.75) is 26.4 Å². The van der Waals surface area contributed by atoms with Crippen molar-refractivity contribution in [2.24, 2.45) is 0 Å². The number of ether oxygens (including phenoxy) is 4. The van der Waals surface area contributed by atoms with Crippen LogP contribution in [0.2, 0.25) is 0 Å². The second-order valence-electron chi connectivity index (χ2n) is 5.40. The second-order valence-corrected chi connectivity index (χ2v) is 5.81. The number of carbonyl (C=O) groups is 1. The van der Waals surface area contributed by atoms with Crippen LogP contribution in [0, 0.1) is 0 Å². The molecule has 1 amide bonds. The lowest BCUT2D eigenvalue weighted by molar-refractivity contribution is 0.0777. The highest BCUT2D eigenvalue weighted by Gasteiger charge is 2.17. The van der Waals surface area contributed by atoms with E-state index in [-0.39, 0.29) is 17.1 Å². The molecule has 0 fully saturated rings. The van der Waals surface area contributed by atoms with Gasteiger partial charge in [-0.25, -0.2) is 0 Å². The third-order valence-electron chi connectivity index (χ3n) is 3.21. The van der Waals surface area contributed by atoms with Gasteiger partial charge in [-0.05, 0) is 44.6 Å². The van der Waals surface area contributed by atoms with Gasteiger partial charge in [0, 0.05) is 18.7 Å². The van der Waals surface area contributed by atoms with E-state index in [1.54, 1.807) is 12.1 Å². The van der Waals surface area contributed by atoms with Crippen LogP contribution in [0.15, 0.2) is 12.1 Å². The highest BCUT2D eigenvalue weighted by atomic mass is 32.1. The smallest absolute Gasteiger partial charge is 0.257 e. The van der Waals surface area contributed by atoms with Crippen LogP contribution in [0.3, 0.4) is 0 Å². The Morgan fingerprint density at radius 1 is 1.12 bits per heavy atom. The quantitative estimate of drug-likeness (QED) is 0.509. The van der Waals surface area contributed by atoms with Gasteiger partial charge in [0.1, 0.15) is 0 Å². The summed E-state index contributed by atoms with van der Waals surface area (Å²) in [4.78, 5) is 12.4. The van der Waals surface area contributed by atoms with E-state index in [1.807, 2.05) is 13.8 Å². The Morgan fingerprint density at radius 2 is 1.72 bits per heavy atom. The molecule has 7 nitrogen and oxygen atoms in total. The first-order valence-electron chi connectivity index (χ1n) is 7.93. The van der Waals surface area contributed by atoms with Crippen molar-refractivity contribution in [2.75, 3.05) is 34.5 Å².